The first-order chi connectivity index (χ1) is 10.3. The van der Waals surface area contributed by atoms with Crippen LogP contribution in [0.15, 0.2) is 36.9 Å². The van der Waals surface area contributed by atoms with Crippen LogP contribution in [0.1, 0.15) is 29.8 Å². The smallest absolute Gasteiger partial charge is 0.274 e. The number of hydrogen-bond acceptors (Lipinski definition) is 5. The van der Waals surface area contributed by atoms with Gasteiger partial charge >= 0.3 is 0 Å². The highest BCUT2D eigenvalue weighted by atomic mass is 16.1. The first kappa shape index (κ1) is 13.5. The topological polar surface area (TPSA) is 71.0 Å². The summed E-state index contributed by atoms with van der Waals surface area (Å²) in [6, 6.07) is 5.23. The maximum Gasteiger partial charge on any atom is 0.274 e. The second-order valence-corrected chi connectivity index (χ2v) is 5.00. The number of amides is 1. The van der Waals surface area contributed by atoms with E-state index < -0.39 is 0 Å². The fourth-order valence-corrected chi connectivity index (χ4v) is 2.40. The Bertz CT molecular complexity index is 610. The van der Waals surface area contributed by atoms with Crippen LogP contribution >= 0.6 is 0 Å². The quantitative estimate of drug-likeness (QED) is 0.934. The molecule has 1 aliphatic rings. The van der Waals surface area contributed by atoms with Crippen LogP contribution in [0.25, 0.3) is 0 Å². The molecule has 0 bridgehead atoms. The van der Waals surface area contributed by atoms with Crippen LogP contribution in [0.3, 0.4) is 0 Å². The lowest BCUT2D eigenvalue weighted by atomic mass is 10.1. The predicted octanol–water partition coefficient (Wildman–Crippen LogP) is 2.11. The van der Waals surface area contributed by atoms with Gasteiger partial charge in [-0.25, -0.2) is 9.97 Å². The highest BCUT2D eigenvalue weighted by Gasteiger charge is 2.15. The lowest BCUT2D eigenvalue weighted by Gasteiger charge is -2.27. The van der Waals surface area contributed by atoms with Crippen LogP contribution in [-0.2, 0) is 0 Å². The van der Waals surface area contributed by atoms with Gasteiger partial charge in [0, 0.05) is 37.2 Å². The number of anilines is 2. The standard InChI is InChI=1S/C15H17N5O/c21-15(19-12-4-6-16-7-5-12)13-10-14(18-11-17-13)20-8-2-1-3-9-20/h4-7,10-11H,1-3,8-9H2,(H,16,19,21). The third-order valence-corrected chi connectivity index (χ3v) is 3.50. The van der Waals surface area contributed by atoms with Crippen LogP contribution in [0.2, 0.25) is 0 Å². The summed E-state index contributed by atoms with van der Waals surface area (Å²) in [6.07, 6.45) is 8.32. The van der Waals surface area contributed by atoms with Crippen LogP contribution in [0.4, 0.5) is 11.5 Å². The van der Waals surface area contributed by atoms with Crippen LogP contribution in [-0.4, -0.2) is 33.9 Å². The van der Waals surface area contributed by atoms with Gasteiger partial charge in [-0.05, 0) is 31.4 Å². The molecule has 1 N–H and O–H groups in total. The van der Waals surface area contributed by atoms with E-state index in [1.807, 2.05) is 0 Å². The normalized spacial score (nSPS) is 14.8. The van der Waals surface area contributed by atoms with E-state index in [9.17, 15) is 4.79 Å². The average Bonchev–Trinajstić information content (AvgIpc) is 2.57. The first-order valence-corrected chi connectivity index (χ1v) is 7.11. The molecule has 0 radical (unpaired) electrons. The van der Waals surface area contributed by atoms with Crippen molar-refractivity contribution in [3.63, 3.8) is 0 Å². The van der Waals surface area contributed by atoms with E-state index in [4.69, 9.17) is 0 Å². The summed E-state index contributed by atoms with van der Waals surface area (Å²) >= 11 is 0. The molecule has 1 fully saturated rings. The fraction of sp³-hybridized carbons (Fsp3) is 0.333. The van der Waals surface area contributed by atoms with Crippen LogP contribution in [0, 0.1) is 0 Å². The molecule has 6 nitrogen and oxygen atoms in total. The zero-order valence-electron chi connectivity index (χ0n) is 11.7. The molecule has 0 aliphatic carbocycles. The zero-order chi connectivity index (χ0) is 14.5. The number of rotatable bonds is 3. The van der Waals surface area contributed by atoms with E-state index in [1.54, 1.807) is 30.6 Å². The SMILES string of the molecule is O=C(Nc1ccncc1)c1cc(N2CCCCC2)ncn1. The van der Waals surface area contributed by atoms with Gasteiger partial charge in [0.25, 0.3) is 5.91 Å². The number of nitrogens with one attached hydrogen (secondary N) is 1. The van der Waals surface area contributed by atoms with Gasteiger partial charge in [-0.3, -0.25) is 9.78 Å². The molecule has 1 aliphatic heterocycles. The Morgan fingerprint density at radius 1 is 1.10 bits per heavy atom. The lowest BCUT2D eigenvalue weighted by Crippen LogP contribution is -2.30. The van der Waals surface area contributed by atoms with Crippen LogP contribution in [0.5, 0.6) is 0 Å². The fourth-order valence-electron chi connectivity index (χ4n) is 2.40. The predicted molar refractivity (Wildman–Crippen MR) is 80.3 cm³/mol. The maximum absolute atomic E-state index is 12.2. The molecule has 0 aromatic carbocycles. The van der Waals surface area contributed by atoms with Crippen molar-refractivity contribution >= 4 is 17.4 Å². The molecule has 0 saturated carbocycles. The summed E-state index contributed by atoms with van der Waals surface area (Å²) in [5, 5.41) is 2.80. The molecule has 3 heterocycles. The van der Waals surface area contributed by atoms with E-state index >= 15 is 0 Å². The van der Waals surface area contributed by atoms with Gasteiger partial charge in [-0.15, -0.1) is 0 Å². The Balaban J connectivity index is 1.74. The number of piperidine rings is 1. The molecular weight excluding hydrogens is 266 g/mol. The van der Waals surface area contributed by atoms with Crippen molar-refractivity contribution in [3.05, 3.63) is 42.6 Å². The molecule has 0 atom stereocenters. The zero-order valence-corrected chi connectivity index (χ0v) is 11.7. The Hall–Kier alpha value is -2.50. The summed E-state index contributed by atoms with van der Waals surface area (Å²) in [5.74, 6) is 0.589. The van der Waals surface area contributed by atoms with Crippen molar-refractivity contribution in [2.24, 2.45) is 0 Å². The third kappa shape index (κ3) is 3.34. The number of hydrogen-bond donors (Lipinski definition) is 1. The molecule has 3 rings (SSSR count). The van der Waals surface area contributed by atoms with Crippen molar-refractivity contribution in [1.82, 2.24) is 15.0 Å². The van der Waals surface area contributed by atoms with Gasteiger partial charge in [0.15, 0.2) is 0 Å². The molecule has 0 unspecified atom stereocenters. The molecule has 0 spiro atoms. The molecule has 108 valence electrons. The second kappa shape index (κ2) is 6.30. The lowest BCUT2D eigenvalue weighted by molar-refractivity contribution is 0.102. The van der Waals surface area contributed by atoms with Gasteiger partial charge in [0.2, 0.25) is 0 Å². The molecule has 1 amide bonds. The number of aromatic nitrogens is 3. The van der Waals surface area contributed by atoms with Gasteiger partial charge < -0.3 is 10.2 Å². The Morgan fingerprint density at radius 2 is 1.86 bits per heavy atom. The number of carbonyl (C=O) groups excluding carboxylic acids is 1. The second-order valence-electron chi connectivity index (χ2n) is 5.00. The van der Waals surface area contributed by atoms with Gasteiger partial charge in [0.05, 0.1) is 0 Å². The minimum atomic E-state index is -0.234. The van der Waals surface area contributed by atoms with E-state index in [-0.39, 0.29) is 5.91 Å². The summed E-state index contributed by atoms with van der Waals surface area (Å²) < 4.78 is 0. The van der Waals surface area contributed by atoms with Crippen molar-refractivity contribution < 1.29 is 4.79 Å². The Morgan fingerprint density at radius 3 is 2.62 bits per heavy atom. The summed E-state index contributed by atoms with van der Waals surface area (Å²) in [7, 11) is 0. The molecule has 6 heteroatoms. The molecular formula is C15H17N5O. The summed E-state index contributed by atoms with van der Waals surface area (Å²) in [5.41, 5.74) is 1.08. The van der Waals surface area contributed by atoms with E-state index in [1.165, 1.54) is 25.6 Å². The van der Waals surface area contributed by atoms with Gasteiger partial charge in [-0.1, -0.05) is 0 Å². The van der Waals surface area contributed by atoms with E-state index in [0.29, 0.717) is 11.4 Å². The number of nitrogens with zero attached hydrogens (tertiary/aromatic N) is 4. The van der Waals surface area contributed by atoms with E-state index in [0.717, 1.165) is 18.9 Å². The highest BCUT2D eigenvalue weighted by Crippen LogP contribution is 2.18. The minimum Gasteiger partial charge on any atom is -0.357 e. The molecule has 2 aromatic heterocycles. The van der Waals surface area contributed by atoms with Crippen molar-refractivity contribution in [2.45, 2.75) is 19.3 Å². The largest absolute Gasteiger partial charge is 0.357 e. The molecule has 1 saturated heterocycles. The summed E-state index contributed by atoms with van der Waals surface area (Å²) in [6.45, 7) is 1.98. The highest BCUT2D eigenvalue weighted by molar-refractivity contribution is 6.03. The molecule has 21 heavy (non-hydrogen) atoms. The van der Waals surface area contributed by atoms with Crippen molar-refractivity contribution in [2.75, 3.05) is 23.3 Å². The Kier molecular flexibility index (Phi) is 4.04. The van der Waals surface area contributed by atoms with Crippen molar-refractivity contribution in [3.8, 4) is 0 Å². The minimum absolute atomic E-state index is 0.234. The third-order valence-electron chi connectivity index (χ3n) is 3.50. The molecule has 2 aromatic rings. The number of carbonyl (C=O) groups is 1. The monoisotopic (exact) mass is 283 g/mol. The van der Waals surface area contributed by atoms with E-state index in [2.05, 4.69) is 25.2 Å². The van der Waals surface area contributed by atoms with Crippen molar-refractivity contribution in [1.29, 1.82) is 0 Å². The van der Waals surface area contributed by atoms with Gasteiger partial charge in [0.1, 0.15) is 17.8 Å². The van der Waals surface area contributed by atoms with Crippen LogP contribution < -0.4 is 10.2 Å². The first-order valence-electron chi connectivity index (χ1n) is 7.11. The maximum atomic E-state index is 12.2. The van der Waals surface area contributed by atoms with Gasteiger partial charge in [-0.2, -0.15) is 0 Å². The Labute approximate surface area is 123 Å². The summed E-state index contributed by atoms with van der Waals surface area (Å²) in [4.78, 5) is 26.7. The average molecular weight is 283 g/mol. The number of pyridine rings is 1.